The summed E-state index contributed by atoms with van der Waals surface area (Å²) in [5.74, 6) is 0. The smallest absolute Gasteiger partial charge is 0.316 e. The fourth-order valence-electron chi connectivity index (χ4n) is 2.51. The van der Waals surface area contributed by atoms with E-state index in [0.29, 0.717) is 17.6 Å². The molecule has 8 heteroatoms. The lowest BCUT2D eigenvalue weighted by Crippen LogP contribution is -2.44. The SMILES string of the molecule is O=S(=O)(c1ccccc1Br)N1CCCC(Oc2ncccn2)C1. The summed E-state index contributed by atoms with van der Waals surface area (Å²) in [7, 11) is -3.55. The Hall–Kier alpha value is -1.51. The monoisotopic (exact) mass is 397 g/mol. The molecule has 1 unspecified atom stereocenters. The van der Waals surface area contributed by atoms with E-state index in [-0.39, 0.29) is 17.0 Å². The first-order valence-electron chi connectivity index (χ1n) is 7.26. The highest BCUT2D eigenvalue weighted by Crippen LogP contribution is 2.27. The van der Waals surface area contributed by atoms with E-state index < -0.39 is 10.0 Å². The molecule has 0 aliphatic carbocycles. The highest BCUT2D eigenvalue weighted by molar-refractivity contribution is 9.10. The number of hydrogen-bond acceptors (Lipinski definition) is 5. The van der Waals surface area contributed by atoms with Crippen molar-refractivity contribution in [3.8, 4) is 6.01 Å². The second kappa shape index (κ2) is 6.94. The molecule has 0 bridgehead atoms. The number of rotatable bonds is 4. The fraction of sp³-hybridized carbons (Fsp3) is 0.333. The molecule has 0 saturated carbocycles. The van der Waals surface area contributed by atoms with E-state index >= 15 is 0 Å². The van der Waals surface area contributed by atoms with Gasteiger partial charge in [0.2, 0.25) is 10.0 Å². The van der Waals surface area contributed by atoms with E-state index in [2.05, 4.69) is 25.9 Å². The van der Waals surface area contributed by atoms with Crippen molar-refractivity contribution in [2.45, 2.75) is 23.8 Å². The third-order valence-corrected chi connectivity index (χ3v) is 6.49. The summed E-state index contributed by atoms with van der Waals surface area (Å²) >= 11 is 3.31. The standard InChI is InChI=1S/C15H16BrN3O3S/c16-13-6-1-2-7-14(13)23(20,21)19-10-3-5-12(11-19)22-15-17-8-4-9-18-15/h1-2,4,6-9,12H,3,5,10-11H2. The number of hydrogen-bond donors (Lipinski definition) is 0. The van der Waals surface area contributed by atoms with E-state index in [1.165, 1.54) is 4.31 Å². The molecule has 2 heterocycles. The minimum absolute atomic E-state index is 0.247. The maximum Gasteiger partial charge on any atom is 0.316 e. The molecule has 23 heavy (non-hydrogen) atoms. The van der Waals surface area contributed by atoms with Gasteiger partial charge in [-0.25, -0.2) is 18.4 Å². The van der Waals surface area contributed by atoms with E-state index in [9.17, 15) is 8.42 Å². The molecule has 1 saturated heterocycles. The van der Waals surface area contributed by atoms with Gasteiger partial charge in [-0.2, -0.15) is 4.31 Å². The Labute approximate surface area is 143 Å². The Bertz CT molecular complexity index is 771. The van der Waals surface area contributed by atoms with E-state index in [1.807, 2.05) is 0 Å². The highest BCUT2D eigenvalue weighted by Gasteiger charge is 2.32. The number of benzene rings is 1. The summed E-state index contributed by atoms with van der Waals surface area (Å²) in [6.07, 6.45) is 4.46. The van der Waals surface area contributed by atoms with Crippen molar-refractivity contribution in [2.75, 3.05) is 13.1 Å². The van der Waals surface area contributed by atoms with Crippen LogP contribution in [-0.4, -0.2) is 41.9 Å². The van der Waals surface area contributed by atoms with Gasteiger partial charge in [-0.15, -0.1) is 0 Å². The van der Waals surface area contributed by atoms with E-state index in [4.69, 9.17) is 4.74 Å². The van der Waals surface area contributed by atoms with Gasteiger partial charge in [-0.3, -0.25) is 0 Å². The summed E-state index contributed by atoms with van der Waals surface area (Å²) in [5, 5.41) is 0. The lowest BCUT2D eigenvalue weighted by atomic mass is 10.1. The van der Waals surface area contributed by atoms with Crippen molar-refractivity contribution in [1.29, 1.82) is 0 Å². The molecular formula is C15H16BrN3O3S. The normalized spacial score (nSPS) is 19.4. The maximum atomic E-state index is 12.8. The van der Waals surface area contributed by atoms with Crippen molar-refractivity contribution in [1.82, 2.24) is 14.3 Å². The van der Waals surface area contributed by atoms with E-state index in [1.54, 1.807) is 42.7 Å². The predicted molar refractivity (Wildman–Crippen MR) is 88.6 cm³/mol. The van der Waals surface area contributed by atoms with Crippen LogP contribution in [0.1, 0.15) is 12.8 Å². The van der Waals surface area contributed by atoms with Crippen molar-refractivity contribution in [2.24, 2.45) is 0 Å². The lowest BCUT2D eigenvalue weighted by Gasteiger charge is -2.31. The molecule has 0 amide bonds. The number of aromatic nitrogens is 2. The zero-order valence-electron chi connectivity index (χ0n) is 12.3. The Balaban J connectivity index is 1.77. The number of nitrogens with zero attached hydrogens (tertiary/aromatic N) is 3. The van der Waals surface area contributed by atoms with Crippen LogP contribution in [0, 0.1) is 0 Å². The molecule has 122 valence electrons. The molecule has 1 aromatic carbocycles. The van der Waals surface area contributed by atoms with Crippen LogP contribution < -0.4 is 4.74 Å². The zero-order chi connectivity index (χ0) is 16.3. The molecular weight excluding hydrogens is 382 g/mol. The van der Waals surface area contributed by atoms with Gasteiger partial charge < -0.3 is 4.74 Å². The van der Waals surface area contributed by atoms with Crippen molar-refractivity contribution in [3.05, 3.63) is 47.2 Å². The van der Waals surface area contributed by atoms with Crippen LogP contribution in [0.15, 0.2) is 52.1 Å². The molecule has 1 aliphatic heterocycles. The quantitative estimate of drug-likeness (QED) is 0.791. The average Bonchev–Trinajstić information content (AvgIpc) is 2.56. The minimum atomic E-state index is -3.55. The van der Waals surface area contributed by atoms with Gasteiger partial charge in [0.15, 0.2) is 0 Å². The van der Waals surface area contributed by atoms with Crippen LogP contribution in [0.2, 0.25) is 0 Å². The van der Waals surface area contributed by atoms with Crippen LogP contribution in [0.5, 0.6) is 6.01 Å². The molecule has 1 aromatic heterocycles. The molecule has 1 atom stereocenters. The van der Waals surface area contributed by atoms with Crippen molar-refractivity contribution < 1.29 is 13.2 Å². The first-order chi connectivity index (χ1) is 11.1. The highest BCUT2D eigenvalue weighted by atomic mass is 79.9. The summed E-state index contributed by atoms with van der Waals surface area (Å²) in [4.78, 5) is 8.32. The Morgan fingerprint density at radius 2 is 1.91 bits per heavy atom. The topological polar surface area (TPSA) is 72.4 Å². The fourth-order valence-corrected chi connectivity index (χ4v) is 4.98. The predicted octanol–water partition coefficient (Wildman–Crippen LogP) is 2.47. The summed E-state index contributed by atoms with van der Waals surface area (Å²) in [5.41, 5.74) is 0. The molecule has 1 aliphatic rings. The van der Waals surface area contributed by atoms with Crippen LogP contribution in [0.3, 0.4) is 0 Å². The van der Waals surface area contributed by atoms with Gasteiger partial charge in [0.25, 0.3) is 0 Å². The maximum absolute atomic E-state index is 12.8. The number of piperidine rings is 1. The van der Waals surface area contributed by atoms with Gasteiger partial charge in [0.1, 0.15) is 6.10 Å². The third-order valence-electron chi connectivity index (χ3n) is 3.61. The van der Waals surface area contributed by atoms with Crippen LogP contribution >= 0.6 is 15.9 Å². The zero-order valence-corrected chi connectivity index (χ0v) is 14.7. The van der Waals surface area contributed by atoms with Gasteiger partial charge in [-0.1, -0.05) is 12.1 Å². The molecule has 2 aromatic rings. The number of halogens is 1. The minimum Gasteiger partial charge on any atom is -0.459 e. The van der Waals surface area contributed by atoms with Gasteiger partial charge in [0, 0.05) is 23.4 Å². The van der Waals surface area contributed by atoms with Crippen LogP contribution in [0.25, 0.3) is 0 Å². The van der Waals surface area contributed by atoms with Gasteiger partial charge >= 0.3 is 6.01 Å². The van der Waals surface area contributed by atoms with Gasteiger partial charge in [0.05, 0.1) is 11.4 Å². The Morgan fingerprint density at radius 1 is 1.17 bits per heavy atom. The van der Waals surface area contributed by atoms with Gasteiger partial charge in [-0.05, 0) is 47.0 Å². The van der Waals surface area contributed by atoms with Crippen molar-refractivity contribution in [3.63, 3.8) is 0 Å². The summed E-state index contributed by atoms with van der Waals surface area (Å²) in [6.45, 7) is 0.779. The lowest BCUT2D eigenvalue weighted by molar-refractivity contribution is 0.119. The first kappa shape index (κ1) is 16.4. The second-order valence-corrected chi connectivity index (χ2v) is 7.97. The summed E-state index contributed by atoms with van der Waals surface area (Å²) in [6, 6.07) is 8.81. The Morgan fingerprint density at radius 3 is 2.65 bits per heavy atom. The second-order valence-electron chi connectivity index (χ2n) is 5.21. The molecule has 1 fully saturated rings. The number of sulfonamides is 1. The first-order valence-corrected chi connectivity index (χ1v) is 9.49. The molecule has 0 spiro atoms. The van der Waals surface area contributed by atoms with Crippen LogP contribution in [-0.2, 0) is 10.0 Å². The molecule has 6 nitrogen and oxygen atoms in total. The average molecular weight is 398 g/mol. The number of ether oxygens (including phenoxy) is 1. The largest absolute Gasteiger partial charge is 0.459 e. The third kappa shape index (κ3) is 3.70. The Kier molecular flexibility index (Phi) is 4.93. The van der Waals surface area contributed by atoms with Crippen molar-refractivity contribution >= 4 is 26.0 Å². The molecule has 0 N–H and O–H groups in total. The van der Waals surface area contributed by atoms with E-state index in [0.717, 1.165) is 12.8 Å². The van der Waals surface area contributed by atoms with Crippen LogP contribution in [0.4, 0.5) is 0 Å². The molecule has 3 rings (SSSR count). The molecule has 0 radical (unpaired) electrons. The summed E-state index contributed by atoms with van der Waals surface area (Å²) < 4.78 is 33.4.